The van der Waals surface area contributed by atoms with Crippen LogP contribution in [-0.2, 0) is 17.8 Å². The fraction of sp³-hybridized carbons (Fsp3) is 0.214. The molecule has 4 aromatic rings. The third kappa shape index (κ3) is 6.52. The Kier molecular flexibility index (Phi) is 7.86. The molecule has 0 radical (unpaired) electrons. The number of fused-ring (bicyclic) bond motifs is 1. The lowest BCUT2D eigenvalue weighted by Crippen LogP contribution is -2.25. The van der Waals surface area contributed by atoms with E-state index in [0.29, 0.717) is 18.7 Å². The molecule has 178 valence electrons. The third-order valence-corrected chi connectivity index (χ3v) is 6.48. The number of aromatic nitrogens is 1. The predicted molar refractivity (Wildman–Crippen MR) is 139 cm³/mol. The smallest absolute Gasteiger partial charge is 0.382 e. The Bertz CT molecular complexity index is 1350. The summed E-state index contributed by atoms with van der Waals surface area (Å²) in [5, 5.41) is 9.70. The second kappa shape index (κ2) is 11.4. The Morgan fingerprint density at radius 1 is 1.03 bits per heavy atom. The van der Waals surface area contributed by atoms with Crippen molar-refractivity contribution in [1.29, 1.82) is 0 Å². The molecular weight excluding hydrogens is 460 g/mol. The van der Waals surface area contributed by atoms with Crippen molar-refractivity contribution in [2.24, 2.45) is 0 Å². The molecule has 3 aromatic carbocycles. The van der Waals surface area contributed by atoms with Crippen molar-refractivity contribution < 1.29 is 19.4 Å². The van der Waals surface area contributed by atoms with E-state index in [1.165, 1.54) is 5.56 Å². The van der Waals surface area contributed by atoms with Crippen LogP contribution in [0.3, 0.4) is 0 Å². The summed E-state index contributed by atoms with van der Waals surface area (Å²) in [4.78, 5) is 17.9. The van der Waals surface area contributed by atoms with E-state index in [0.717, 1.165) is 45.4 Å². The summed E-state index contributed by atoms with van der Waals surface area (Å²) in [6.07, 6.45) is 0.853. The molecule has 0 fully saturated rings. The zero-order valence-electron chi connectivity index (χ0n) is 19.7. The van der Waals surface area contributed by atoms with E-state index in [9.17, 15) is 4.79 Å². The maximum atomic E-state index is 10.7. The van der Waals surface area contributed by atoms with Crippen LogP contribution in [0.5, 0.6) is 11.5 Å². The maximum Gasteiger partial charge on any atom is 0.382 e. The molecule has 0 spiro atoms. The number of hydrogen-bond donors (Lipinski definition) is 1. The Morgan fingerprint density at radius 2 is 1.74 bits per heavy atom. The van der Waals surface area contributed by atoms with Crippen LogP contribution < -0.4 is 14.4 Å². The van der Waals surface area contributed by atoms with Gasteiger partial charge in [-0.05, 0) is 66.9 Å². The van der Waals surface area contributed by atoms with Gasteiger partial charge in [0.2, 0.25) is 0 Å². The monoisotopic (exact) mass is 486 g/mol. The summed E-state index contributed by atoms with van der Waals surface area (Å²) in [7, 11) is 1.67. The first-order valence-electron chi connectivity index (χ1n) is 11.3. The average molecular weight is 487 g/mol. The van der Waals surface area contributed by atoms with E-state index in [1.54, 1.807) is 18.4 Å². The van der Waals surface area contributed by atoms with Gasteiger partial charge in [0.05, 0.1) is 23.9 Å². The van der Waals surface area contributed by atoms with Gasteiger partial charge in [-0.25, -0.2) is 9.78 Å². The number of carbonyl (C=O) groups is 1. The highest BCUT2D eigenvalue weighted by molar-refractivity contribution is 7.22. The minimum absolute atomic E-state index is 0.623. The van der Waals surface area contributed by atoms with E-state index >= 15 is 0 Å². The van der Waals surface area contributed by atoms with Crippen molar-refractivity contribution in [3.05, 3.63) is 83.4 Å². The third-order valence-electron chi connectivity index (χ3n) is 5.40. The van der Waals surface area contributed by atoms with Crippen LogP contribution in [-0.4, -0.2) is 36.3 Å². The first-order chi connectivity index (χ1) is 17.0. The number of carboxylic acid groups (broad SMARTS) is 1. The van der Waals surface area contributed by atoms with E-state index < -0.39 is 5.97 Å². The lowest BCUT2D eigenvalue weighted by molar-refractivity contribution is -0.130. The van der Waals surface area contributed by atoms with Gasteiger partial charge in [0.25, 0.3) is 0 Å². The van der Waals surface area contributed by atoms with Gasteiger partial charge < -0.3 is 19.5 Å². The Morgan fingerprint density at radius 3 is 2.43 bits per heavy atom. The highest BCUT2D eigenvalue weighted by Crippen LogP contribution is 2.32. The zero-order valence-corrected chi connectivity index (χ0v) is 20.5. The SMILES string of the molecule is CCOc1ccc2nc(N(CCc3ccc(OC)cc3)Cc3ccc(C#CC(=O)O)cc3)sc2c1. The number of aliphatic carboxylic acids is 1. The summed E-state index contributed by atoms with van der Waals surface area (Å²) >= 11 is 1.65. The van der Waals surface area contributed by atoms with Crippen LogP contribution in [0.25, 0.3) is 10.2 Å². The molecule has 0 aliphatic rings. The Balaban J connectivity index is 1.58. The first kappa shape index (κ1) is 24.1. The molecule has 35 heavy (non-hydrogen) atoms. The number of benzene rings is 3. The van der Waals surface area contributed by atoms with Crippen molar-refractivity contribution in [1.82, 2.24) is 4.98 Å². The highest BCUT2D eigenvalue weighted by Gasteiger charge is 2.14. The summed E-state index contributed by atoms with van der Waals surface area (Å²) in [5.41, 5.74) is 3.93. The van der Waals surface area contributed by atoms with Crippen LogP contribution in [0.4, 0.5) is 5.13 Å². The van der Waals surface area contributed by atoms with Gasteiger partial charge >= 0.3 is 5.97 Å². The number of carboxylic acids is 1. The standard InChI is InChI=1S/C28H26N2O4S/c1-3-34-24-13-14-25-26(18-24)35-28(29-25)30(17-16-21-8-11-23(33-2)12-9-21)19-22-6-4-20(5-7-22)10-15-27(31)32/h4-9,11-14,18H,3,16-17,19H2,1-2H3,(H,31,32). The molecule has 0 aliphatic heterocycles. The summed E-state index contributed by atoms with van der Waals surface area (Å²) in [6.45, 7) is 4.05. The van der Waals surface area contributed by atoms with Crippen molar-refractivity contribution in [3.8, 4) is 23.3 Å². The normalized spacial score (nSPS) is 10.5. The van der Waals surface area contributed by atoms with Gasteiger partial charge in [-0.2, -0.15) is 0 Å². The number of anilines is 1. The highest BCUT2D eigenvalue weighted by atomic mass is 32.1. The van der Waals surface area contributed by atoms with Crippen LogP contribution in [0.2, 0.25) is 0 Å². The molecule has 7 heteroatoms. The average Bonchev–Trinajstić information content (AvgIpc) is 3.30. The molecule has 1 aromatic heterocycles. The van der Waals surface area contributed by atoms with Crippen molar-refractivity contribution in [3.63, 3.8) is 0 Å². The molecule has 0 unspecified atom stereocenters. The van der Waals surface area contributed by atoms with Gasteiger partial charge in [-0.3, -0.25) is 0 Å². The lowest BCUT2D eigenvalue weighted by atomic mass is 10.1. The van der Waals surface area contributed by atoms with Crippen molar-refractivity contribution in [2.75, 3.05) is 25.2 Å². The molecule has 0 saturated carbocycles. The van der Waals surface area contributed by atoms with E-state index in [1.807, 2.05) is 61.5 Å². The van der Waals surface area contributed by atoms with Crippen molar-refractivity contribution >= 4 is 32.7 Å². The van der Waals surface area contributed by atoms with Crippen LogP contribution in [0, 0.1) is 11.8 Å². The molecule has 0 amide bonds. The molecule has 6 nitrogen and oxygen atoms in total. The van der Waals surface area contributed by atoms with E-state index in [2.05, 4.69) is 28.9 Å². The Labute approximate surface area is 208 Å². The predicted octanol–water partition coefficient (Wildman–Crippen LogP) is 5.39. The van der Waals surface area contributed by atoms with Gasteiger partial charge in [0, 0.05) is 24.6 Å². The molecule has 0 aliphatic carbocycles. The fourth-order valence-corrected chi connectivity index (χ4v) is 4.64. The summed E-state index contributed by atoms with van der Waals surface area (Å²) in [6, 6.07) is 21.8. The number of rotatable bonds is 9. The Hall–Kier alpha value is -4.02. The molecule has 1 N–H and O–H groups in total. The summed E-state index contributed by atoms with van der Waals surface area (Å²) < 4.78 is 12.0. The largest absolute Gasteiger partial charge is 0.497 e. The fourth-order valence-electron chi connectivity index (χ4n) is 3.62. The molecule has 0 bridgehead atoms. The van der Waals surface area contributed by atoms with Crippen LogP contribution >= 0.6 is 11.3 Å². The molecule has 0 atom stereocenters. The molecule has 1 heterocycles. The van der Waals surface area contributed by atoms with E-state index in [4.69, 9.17) is 19.6 Å². The van der Waals surface area contributed by atoms with Gasteiger partial charge in [-0.1, -0.05) is 41.5 Å². The number of methoxy groups -OCH3 is 1. The quantitative estimate of drug-likeness (QED) is 0.320. The second-order valence-electron chi connectivity index (χ2n) is 7.83. The second-order valence-corrected chi connectivity index (χ2v) is 8.84. The number of hydrogen-bond acceptors (Lipinski definition) is 6. The number of ether oxygens (including phenoxy) is 2. The van der Waals surface area contributed by atoms with Gasteiger partial charge in [-0.15, -0.1) is 0 Å². The minimum atomic E-state index is -1.14. The lowest BCUT2D eigenvalue weighted by Gasteiger charge is -2.22. The number of nitrogens with zero attached hydrogens (tertiary/aromatic N) is 2. The minimum Gasteiger partial charge on any atom is -0.497 e. The zero-order chi connectivity index (χ0) is 24.6. The maximum absolute atomic E-state index is 10.7. The topological polar surface area (TPSA) is 71.9 Å². The number of thiazole rings is 1. The summed E-state index contributed by atoms with van der Waals surface area (Å²) in [5.74, 6) is 5.35. The molecular formula is C28H26N2O4S. The van der Waals surface area contributed by atoms with Crippen molar-refractivity contribution in [2.45, 2.75) is 19.9 Å². The van der Waals surface area contributed by atoms with Crippen LogP contribution in [0.15, 0.2) is 66.7 Å². The van der Waals surface area contributed by atoms with E-state index in [-0.39, 0.29) is 0 Å². The first-order valence-corrected chi connectivity index (χ1v) is 12.1. The molecule has 0 saturated heterocycles. The van der Waals surface area contributed by atoms with Gasteiger partial charge in [0.15, 0.2) is 5.13 Å². The van der Waals surface area contributed by atoms with Gasteiger partial charge in [0.1, 0.15) is 11.5 Å². The van der Waals surface area contributed by atoms with Crippen LogP contribution in [0.1, 0.15) is 23.6 Å². The molecule has 4 rings (SSSR count).